The van der Waals surface area contributed by atoms with Gasteiger partial charge in [-0.25, -0.2) is 0 Å². The Morgan fingerprint density at radius 1 is 0.471 bits per heavy atom. The van der Waals surface area contributed by atoms with Crippen LogP contribution in [0, 0.1) is 0 Å². The quantitative estimate of drug-likeness (QED) is 0.152. The maximum Gasteiger partial charge on any atom is 0.264 e. The molecule has 1 aromatic carbocycles. The van der Waals surface area contributed by atoms with Crippen molar-refractivity contribution in [1.29, 1.82) is 0 Å². The normalized spacial score (nSPS) is 12.1. The third kappa shape index (κ3) is 19.9. The lowest BCUT2D eigenvalue weighted by Gasteiger charge is -2.10. The van der Waals surface area contributed by atoms with Crippen LogP contribution in [0.15, 0.2) is 24.3 Å². The molecular formula is C20H34O12S2. The van der Waals surface area contributed by atoms with Crippen molar-refractivity contribution < 1.29 is 53.6 Å². The first-order chi connectivity index (χ1) is 16.2. The van der Waals surface area contributed by atoms with Crippen LogP contribution in [0.5, 0.6) is 11.5 Å². The van der Waals surface area contributed by atoms with Crippen LogP contribution in [0.25, 0.3) is 0 Å². The zero-order valence-corrected chi connectivity index (χ0v) is 21.1. The largest absolute Gasteiger partial charge is 0.491 e. The lowest BCUT2D eigenvalue weighted by molar-refractivity contribution is 0.0277. The van der Waals surface area contributed by atoms with Gasteiger partial charge in [0.05, 0.1) is 78.6 Å². The summed E-state index contributed by atoms with van der Waals surface area (Å²) in [5.41, 5.74) is 0. The molecule has 0 aliphatic rings. The SMILES string of the molecule is CS(=O)(=O)OCCOCCOCCOc1ccc(OCCOCCOCCOS(C)(=O)=O)cc1. The minimum absolute atomic E-state index is 0.0176. The summed E-state index contributed by atoms with van der Waals surface area (Å²) in [6.45, 7) is 3.20. The minimum atomic E-state index is -3.44. The molecule has 1 aromatic rings. The van der Waals surface area contributed by atoms with Gasteiger partial charge in [0.1, 0.15) is 24.7 Å². The average molecular weight is 531 g/mol. The van der Waals surface area contributed by atoms with Gasteiger partial charge in [0, 0.05) is 0 Å². The Bertz CT molecular complexity index is 770. The molecule has 0 amide bonds. The lowest BCUT2D eigenvalue weighted by Crippen LogP contribution is -2.14. The number of hydrogen-bond acceptors (Lipinski definition) is 12. The first-order valence-electron chi connectivity index (χ1n) is 10.5. The predicted molar refractivity (Wildman–Crippen MR) is 122 cm³/mol. The first-order valence-corrected chi connectivity index (χ1v) is 14.1. The van der Waals surface area contributed by atoms with E-state index in [1.54, 1.807) is 24.3 Å². The Balaban J connectivity index is 1.94. The standard InChI is InChI=1S/C20H34O12S2/c1-33(21,22)31-17-13-27-9-7-25-11-15-29-19-3-5-20(6-4-19)30-16-12-26-8-10-28-14-18-32-34(2,23)24/h3-6H,7-18H2,1-2H3. The van der Waals surface area contributed by atoms with Gasteiger partial charge < -0.3 is 28.4 Å². The van der Waals surface area contributed by atoms with E-state index in [1.165, 1.54) is 0 Å². The zero-order valence-electron chi connectivity index (χ0n) is 19.5. The summed E-state index contributed by atoms with van der Waals surface area (Å²) in [7, 11) is -6.87. The second kappa shape index (κ2) is 17.8. The Morgan fingerprint density at radius 3 is 1.03 bits per heavy atom. The molecule has 0 saturated carbocycles. The van der Waals surface area contributed by atoms with Crippen molar-refractivity contribution in [1.82, 2.24) is 0 Å². The maximum atomic E-state index is 10.8. The Kier molecular flexibility index (Phi) is 16.0. The van der Waals surface area contributed by atoms with Crippen LogP contribution in [0.4, 0.5) is 0 Å². The molecule has 1 rings (SSSR count). The fourth-order valence-corrected chi connectivity index (χ4v) is 2.94. The zero-order chi connectivity index (χ0) is 25.1. The summed E-state index contributed by atoms with van der Waals surface area (Å²) in [4.78, 5) is 0. The molecule has 0 radical (unpaired) electrons. The third-order valence-electron chi connectivity index (χ3n) is 3.61. The van der Waals surface area contributed by atoms with Gasteiger partial charge in [-0.3, -0.25) is 8.37 Å². The van der Waals surface area contributed by atoms with Crippen LogP contribution in [0.2, 0.25) is 0 Å². The van der Waals surface area contributed by atoms with Crippen molar-refractivity contribution in [2.75, 3.05) is 91.8 Å². The van der Waals surface area contributed by atoms with Crippen molar-refractivity contribution in [3.8, 4) is 11.5 Å². The van der Waals surface area contributed by atoms with E-state index >= 15 is 0 Å². The summed E-state index contributed by atoms with van der Waals surface area (Å²) in [6, 6.07) is 7.14. The summed E-state index contributed by atoms with van der Waals surface area (Å²) in [5, 5.41) is 0. The van der Waals surface area contributed by atoms with E-state index in [9.17, 15) is 16.8 Å². The van der Waals surface area contributed by atoms with Gasteiger partial charge in [-0.1, -0.05) is 0 Å². The van der Waals surface area contributed by atoms with Gasteiger partial charge in [0.25, 0.3) is 20.2 Å². The molecule has 0 N–H and O–H groups in total. The fourth-order valence-electron chi connectivity index (χ4n) is 2.20. The van der Waals surface area contributed by atoms with E-state index in [1.807, 2.05) is 0 Å². The van der Waals surface area contributed by atoms with Crippen molar-refractivity contribution in [3.63, 3.8) is 0 Å². The minimum Gasteiger partial charge on any atom is -0.491 e. The van der Waals surface area contributed by atoms with E-state index in [2.05, 4.69) is 8.37 Å². The highest BCUT2D eigenvalue weighted by molar-refractivity contribution is 7.86. The molecule has 0 heterocycles. The molecule has 0 saturated heterocycles. The molecule has 12 nitrogen and oxygen atoms in total. The summed E-state index contributed by atoms with van der Waals surface area (Å²) in [6.07, 6.45) is 1.97. The molecule has 0 fully saturated rings. The Morgan fingerprint density at radius 2 is 0.735 bits per heavy atom. The molecule has 0 aromatic heterocycles. The van der Waals surface area contributed by atoms with E-state index in [4.69, 9.17) is 28.4 Å². The molecule has 0 spiro atoms. The van der Waals surface area contributed by atoms with E-state index in [0.717, 1.165) is 12.5 Å². The van der Waals surface area contributed by atoms with Gasteiger partial charge in [0.2, 0.25) is 0 Å². The van der Waals surface area contributed by atoms with E-state index < -0.39 is 20.2 Å². The second-order valence-electron chi connectivity index (χ2n) is 6.67. The number of rotatable bonds is 22. The Labute approximate surface area is 201 Å². The molecular weight excluding hydrogens is 496 g/mol. The lowest BCUT2D eigenvalue weighted by atomic mass is 10.3. The Hall–Kier alpha value is -1.52. The first kappa shape index (κ1) is 30.5. The van der Waals surface area contributed by atoms with Crippen molar-refractivity contribution in [2.24, 2.45) is 0 Å². The fraction of sp³-hybridized carbons (Fsp3) is 0.700. The van der Waals surface area contributed by atoms with Crippen LogP contribution in [-0.2, 0) is 47.5 Å². The molecule has 198 valence electrons. The van der Waals surface area contributed by atoms with Gasteiger partial charge in [-0.15, -0.1) is 0 Å². The molecule has 34 heavy (non-hydrogen) atoms. The van der Waals surface area contributed by atoms with Crippen molar-refractivity contribution in [3.05, 3.63) is 24.3 Å². The van der Waals surface area contributed by atoms with Crippen molar-refractivity contribution in [2.45, 2.75) is 0 Å². The molecule has 14 heteroatoms. The summed E-state index contributed by atoms with van der Waals surface area (Å²) in [5.74, 6) is 1.36. The molecule has 0 bridgehead atoms. The molecule has 0 aliphatic carbocycles. The number of benzene rings is 1. The molecule has 0 atom stereocenters. The summed E-state index contributed by atoms with van der Waals surface area (Å²) >= 11 is 0. The van der Waals surface area contributed by atoms with E-state index in [-0.39, 0.29) is 26.4 Å². The maximum absolute atomic E-state index is 10.8. The molecule has 0 unspecified atom stereocenters. The van der Waals surface area contributed by atoms with Crippen molar-refractivity contribution >= 4 is 20.2 Å². The topological polar surface area (TPSA) is 142 Å². The predicted octanol–water partition coefficient (Wildman–Crippen LogP) is 0.463. The van der Waals surface area contributed by atoms with Gasteiger partial charge >= 0.3 is 0 Å². The summed E-state index contributed by atoms with van der Waals surface area (Å²) < 4.78 is 84.4. The highest BCUT2D eigenvalue weighted by Gasteiger charge is 2.02. The van der Waals surface area contributed by atoms with Crippen LogP contribution >= 0.6 is 0 Å². The monoisotopic (exact) mass is 530 g/mol. The number of ether oxygens (including phenoxy) is 6. The second-order valence-corrected chi connectivity index (χ2v) is 9.96. The van der Waals surface area contributed by atoms with Gasteiger partial charge in [0.15, 0.2) is 0 Å². The van der Waals surface area contributed by atoms with Crippen LogP contribution in [0.3, 0.4) is 0 Å². The highest BCUT2D eigenvalue weighted by Crippen LogP contribution is 2.17. The van der Waals surface area contributed by atoms with E-state index in [0.29, 0.717) is 64.4 Å². The number of hydrogen-bond donors (Lipinski definition) is 0. The van der Waals surface area contributed by atoms with Gasteiger partial charge in [-0.05, 0) is 24.3 Å². The highest BCUT2D eigenvalue weighted by atomic mass is 32.2. The van der Waals surface area contributed by atoms with Crippen LogP contribution < -0.4 is 9.47 Å². The molecule has 0 aliphatic heterocycles. The van der Waals surface area contributed by atoms with Gasteiger partial charge in [-0.2, -0.15) is 16.8 Å². The van der Waals surface area contributed by atoms with Crippen LogP contribution in [-0.4, -0.2) is 109 Å². The smallest absolute Gasteiger partial charge is 0.264 e. The third-order valence-corrected chi connectivity index (χ3v) is 4.80. The van der Waals surface area contributed by atoms with Crippen LogP contribution in [0.1, 0.15) is 0 Å². The average Bonchev–Trinajstić information content (AvgIpc) is 2.75.